The molecule has 100 valence electrons. The lowest BCUT2D eigenvalue weighted by atomic mass is 10.2. The van der Waals surface area contributed by atoms with Gasteiger partial charge in [0.2, 0.25) is 0 Å². The van der Waals surface area contributed by atoms with Crippen molar-refractivity contribution in [2.45, 2.75) is 6.54 Å². The third kappa shape index (κ3) is 2.50. The molecule has 0 aliphatic carbocycles. The number of nitrogens with zero attached hydrogens (tertiary/aromatic N) is 2. The lowest BCUT2D eigenvalue weighted by molar-refractivity contribution is 0.480. The minimum Gasteiger partial charge on any atom is -0.455 e. The predicted octanol–water partition coefficient (Wildman–Crippen LogP) is 3.64. The maximum Gasteiger partial charge on any atom is 0.156 e. The van der Waals surface area contributed by atoms with E-state index in [1.807, 2.05) is 30.3 Å². The van der Waals surface area contributed by atoms with Crippen LogP contribution < -0.4 is 10.5 Å². The molecule has 0 aliphatic heterocycles. The molecule has 0 amide bonds. The van der Waals surface area contributed by atoms with Crippen molar-refractivity contribution in [2.75, 3.05) is 0 Å². The van der Waals surface area contributed by atoms with Crippen molar-refractivity contribution in [3.05, 3.63) is 58.8 Å². The number of fused-ring (bicyclic) bond motifs is 1. The van der Waals surface area contributed by atoms with Gasteiger partial charge in [0, 0.05) is 35.0 Å². The molecule has 5 heteroatoms. The van der Waals surface area contributed by atoms with E-state index < -0.39 is 0 Å². The molecule has 0 unspecified atom stereocenters. The van der Waals surface area contributed by atoms with Crippen molar-refractivity contribution in [3.63, 3.8) is 0 Å². The standard InChI is InChI=1S/C15H12BrN3O/c16-11-7-12-15(19-9-11)14(5-6-18-12)20-13-4-2-1-3-10(13)8-17/h1-7,9H,8,17H2. The molecule has 0 radical (unpaired) electrons. The van der Waals surface area contributed by atoms with Crippen molar-refractivity contribution >= 4 is 27.0 Å². The molecule has 0 bridgehead atoms. The molecule has 0 aliphatic rings. The van der Waals surface area contributed by atoms with Gasteiger partial charge < -0.3 is 10.5 Å². The monoisotopic (exact) mass is 329 g/mol. The van der Waals surface area contributed by atoms with Crippen LogP contribution in [0.15, 0.2) is 53.3 Å². The Labute approximate surface area is 124 Å². The second-order valence-corrected chi connectivity index (χ2v) is 5.16. The average molecular weight is 330 g/mol. The first-order chi connectivity index (χ1) is 9.78. The van der Waals surface area contributed by atoms with Crippen LogP contribution in [0.5, 0.6) is 11.5 Å². The number of hydrogen-bond acceptors (Lipinski definition) is 4. The highest BCUT2D eigenvalue weighted by molar-refractivity contribution is 9.10. The number of benzene rings is 1. The van der Waals surface area contributed by atoms with E-state index in [0.717, 1.165) is 26.8 Å². The van der Waals surface area contributed by atoms with Crippen molar-refractivity contribution in [1.82, 2.24) is 9.97 Å². The molecular weight excluding hydrogens is 318 g/mol. The van der Waals surface area contributed by atoms with Crippen LogP contribution in [-0.2, 0) is 6.54 Å². The Hall–Kier alpha value is -1.98. The third-order valence-electron chi connectivity index (χ3n) is 2.92. The fourth-order valence-electron chi connectivity index (χ4n) is 1.95. The summed E-state index contributed by atoms with van der Waals surface area (Å²) < 4.78 is 6.84. The second kappa shape index (κ2) is 5.56. The van der Waals surface area contributed by atoms with Gasteiger partial charge in [-0.15, -0.1) is 0 Å². The van der Waals surface area contributed by atoms with Crippen LogP contribution in [0.1, 0.15) is 5.56 Å². The van der Waals surface area contributed by atoms with Gasteiger partial charge in [-0.25, -0.2) is 4.98 Å². The fraction of sp³-hybridized carbons (Fsp3) is 0.0667. The first-order valence-electron chi connectivity index (χ1n) is 6.14. The number of rotatable bonds is 3. The minimum absolute atomic E-state index is 0.429. The molecule has 0 atom stereocenters. The summed E-state index contributed by atoms with van der Waals surface area (Å²) >= 11 is 3.39. The molecule has 2 N–H and O–H groups in total. The van der Waals surface area contributed by atoms with Crippen molar-refractivity contribution in [1.29, 1.82) is 0 Å². The summed E-state index contributed by atoms with van der Waals surface area (Å²) in [7, 11) is 0. The number of hydrogen-bond donors (Lipinski definition) is 1. The quantitative estimate of drug-likeness (QED) is 0.796. The predicted molar refractivity (Wildman–Crippen MR) is 81.6 cm³/mol. The van der Waals surface area contributed by atoms with E-state index in [9.17, 15) is 0 Å². The van der Waals surface area contributed by atoms with Crippen LogP contribution in [0.25, 0.3) is 11.0 Å². The SMILES string of the molecule is NCc1ccccc1Oc1ccnc2cc(Br)cnc12. The van der Waals surface area contributed by atoms with Crippen LogP contribution in [-0.4, -0.2) is 9.97 Å². The Bertz CT molecular complexity index is 761. The van der Waals surface area contributed by atoms with Crippen LogP contribution in [0.3, 0.4) is 0 Å². The summed E-state index contributed by atoms with van der Waals surface area (Å²) in [6.07, 6.45) is 3.43. The topological polar surface area (TPSA) is 61.0 Å². The fourth-order valence-corrected chi connectivity index (χ4v) is 2.27. The van der Waals surface area contributed by atoms with Gasteiger partial charge in [0.25, 0.3) is 0 Å². The summed E-state index contributed by atoms with van der Waals surface area (Å²) in [4.78, 5) is 8.66. The normalized spacial score (nSPS) is 10.7. The highest BCUT2D eigenvalue weighted by Gasteiger charge is 2.08. The highest BCUT2D eigenvalue weighted by atomic mass is 79.9. The Kier molecular flexibility index (Phi) is 3.62. The number of aromatic nitrogens is 2. The summed E-state index contributed by atoms with van der Waals surface area (Å²) in [6.45, 7) is 0.429. The van der Waals surface area contributed by atoms with E-state index in [2.05, 4.69) is 25.9 Å². The van der Waals surface area contributed by atoms with Gasteiger partial charge in [-0.05, 0) is 28.1 Å². The highest BCUT2D eigenvalue weighted by Crippen LogP contribution is 2.30. The largest absolute Gasteiger partial charge is 0.455 e. The van der Waals surface area contributed by atoms with E-state index >= 15 is 0 Å². The van der Waals surface area contributed by atoms with E-state index in [1.54, 1.807) is 18.5 Å². The molecule has 0 saturated carbocycles. The Morgan fingerprint density at radius 1 is 1.10 bits per heavy atom. The van der Waals surface area contributed by atoms with Crippen LogP contribution >= 0.6 is 15.9 Å². The van der Waals surface area contributed by atoms with Crippen LogP contribution in [0.4, 0.5) is 0 Å². The smallest absolute Gasteiger partial charge is 0.156 e. The zero-order valence-corrected chi connectivity index (χ0v) is 12.2. The minimum atomic E-state index is 0.429. The summed E-state index contributed by atoms with van der Waals surface area (Å²) in [6, 6.07) is 11.4. The van der Waals surface area contributed by atoms with Gasteiger partial charge in [0.1, 0.15) is 11.3 Å². The van der Waals surface area contributed by atoms with Gasteiger partial charge in [0.15, 0.2) is 5.75 Å². The van der Waals surface area contributed by atoms with E-state index in [1.165, 1.54) is 0 Å². The second-order valence-electron chi connectivity index (χ2n) is 4.24. The lowest BCUT2D eigenvalue weighted by Gasteiger charge is -2.11. The zero-order valence-electron chi connectivity index (χ0n) is 10.6. The number of para-hydroxylation sites is 1. The summed E-state index contributed by atoms with van der Waals surface area (Å²) in [5.74, 6) is 1.41. The maximum atomic E-state index is 5.96. The van der Waals surface area contributed by atoms with E-state index in [4.69, 9.17) is 10.5 Å². The molecule has 0 saturated heterocycles. The molecule has 2 aromatic heterocycles. The van der Waals surface area contributed by atoms with Gasteiger partial charge in [-0.2, -0.15) is 0 Å². The Morgan fingerprint density at radius 3 is 2.80 bits per heavy atom. The molecular formula is C15H12BrN3O. The number of halogens is 1. The van der Waals surface area contributed by atoms with Crippen molar-refractivity contribution in [3.8, 4) is 11.5 Å². The Morgan fingerprint density at radius 2 is 1.95 bits per heavy atom. The first kappa shape index (κ1) is 13.0. The molecule has 20 heavy (non-hydrogen) atoms. The van der Waals surface area contributed by atoms with E-state index in [0.29, 0.717) is 12.3 Å². The zero-order chi connectivity index (χ0) is 13.9. The number of ether oxygens (including phenoxy) is 1. The molecule has 4 nitrogen and oxygen atoms in total. The molecule has 0 fully saturated rings. The van der Waals surface area contributed by atoms with Gasteiger partial charge in [0.05, 0.1) is 5.52 Å². The van der Waals surface area contributed by atoms with Gasteiger partial charge >= 0.3 is 0 Å². The lowest BCUT2D eigenvalue weighted by Crippen LogP contribution is -1.99. The Balaban J connectivity index is 2.07. The van der Waals surface area contributed by atoms with Crippen LogP contribution in [0.2, 0.25) is 0 Å². The maximum absolute atomic E-state index is 5.96. The number of pyridine rings is 2. The molecule has 3 aromatic rings. The van der Waals surface area contributed by atoms with Gasteiger partial charge in [-0.1, -0.05) is 18.2 Å². The average Bonchev–Trinajstić information content (AvgIpc) is 2.47. The molecule has 0 spiro atoms. The number of nitrogens with two attached hydrogens (primary N) is 1. The third-order valence-corrected chi connectivity index (χ3v) is 3.35. The summed E-state index contributed by atoms with van der Waals surface area (Å²) in [5.41, 5.74) is 8.18. The molecule has 2 heterocycles. The van der Waals surface area contributed by atoms with E-state index in [-0.39, 0.29) is 0 Å². The first-order valence-corrected chi connectivity index (χ1v) is 6.93. The van der Waals surface area contributed by atoms with Crippen LogP contribution in [0, 0.1) is 0 Å². The summed E-state index contributed by atoms with van der Waals surface area (Å²) in [5, 5.41) is 0. The van der Waals surface area contributed by atoms with Gasteiger partial charge in [-0.3, -0.25) is 4.98 Å². The molecule has 3 rings (SSSR count). The molecule has 1 aromatic carbocycles. The van der Waals surface area contributed by atoms with Crippen molar-refractivity contribution < 1.29 is 4.74 Å². The van der Waals surface area contributed by atoms with Crippen molar-refractivity contribution in [2.24, 2.45) is 5.73 Å².